The van der Waals surface area contributed by atoms with Crippen LogP contribution in [0.25, 0.3) is 0 Å². The maximum atomic E-state index is 12.2. The molecule has 0 heterocycles. The molecule has 1 N–H and O–H groups in total. The van der Waals surface area contributed by atoms with Crippen molar-refractivity contribution >= 4 is 5.97 Å². The van der Waals surface area contributed by atoms with Crippen molar-refractivity contribution in [1.29, 1.82) is 0 Å². The van der Waals surface area contributed by atoms with Crippen molar-refractivity contribution in [2.75, 3.05) is 33.8 Å². The number of nitrogens with one attached hydrogen (secondary N) is 1. The highest BCUT2D eigenvalue weighted by molar-refractivity contribution is 5.81. The fourth-order valence-corrected chi connectivity index (χ4v) is 2.76. The Morgan fingerprint density at radius 2 is 2.22 bits per heavy atom. The van der Waals surface area contributed by atoms with Gasteiger partial charge in [-0.25, -0.2) is 0 Å². The lowest BCUT2D eigenvalue weighted by molar-refractivity contribution is -0.153. The highest BCUT2D eigenvalue weighted by atomic mass is 16.5. The lowest BCUT2D eigenvalue weighted by Crippen LogP contribution is -2.56. The number of esters is 1. The van der Waals surface area contributed by atoms with E-state index in [1.807, 2.05) is 21.0 Å². The predicted octanol–water partition coefficient (Wildman–Crippen LogP) is 1.65. The van der Waals surface area contributed by atoms with Crippen LogP contribution in [0.1, 0.15) is 39.5 Å². The summed E-state index contributed by atoms with van der Waals surface area (Å²) in [6, 6.07) is 0. The van der Waals surface area contributed by atoms with E-state index in [2.05, 4.69) is 17.1 Å². The maximum absolute atomic E-state index is 12.2. The Morgan fingerprint density at radius 1 is 1.50 bits per heavy atom. The van der Waals surface area contributed by atoms with E-state index < -0.39 is 5.54 Å². The summed E-state index contributed by atoms with van der Waals surface area (Å²) in [5.41, 5.74) is -0.441. The molecule has 4 heteroatoms. The van der Waals surface area contributed by atoms with Gasteiger partial charge < -0.3 is 15.0 Å². The minimum atomic E-state index is -0.441. The normalized spacial score (nSPS) is 28.4. The summed E-state index contributed by atoms with van der Waals surface area (Å²) in [7, 11) is 4.09. The molecular weight excluding hydrogens is 228 g/mol. The SMILES string of the molecule is CCOC(=O)C1(NCCN(C)C)CCCC(C)C1. The second-order valence-corrected chi connectivity index (χ2v) is 5.73. The van der Waals surface area contributed by atoms with Crippen molar-refractivity contribution in [3.05, 3.63) is 0 Å². The average molecular weight is 256 g/mol. The number of nitrogens with zero attached hydrogens (tertiary/aromatic N) is 1. The smallest absolute Gasteiger partial charge is 0.326 e. The summed E-state index contributed by atoms with van der Waals surface area (Å²) in [4.78, 5) is 14.4. The Bertz CT molecular complexity index is 269. The lowest BCUT2D eigenvalue weighted by atomic mass is 9.76. The van der Waals surface area contributed by atoms with Gasteiger partial charge in [0.2, 0.25) is 0 Å². The van der Waals surface area contributed by atoms with Gasteiger partial charge in [0.05, 0.1) is 6.61 Å². The summed E-state index contributed by atoms with van der Waals surface area (Å²) in [6.07, 6.45) is 4.13. The van der Waals surface area contributed by atoms with E-state index >= 15 is 0 Å². The molecule has 1 aliphatic carbocycles. The Balaban J connectivity index is 2.64. The number of ether oxygens (including phenoxy) is 1. The summed E-state index contributed by atoms with van der Waals surface area (Å²) >= 11 is 0. The third-order valence-corrected chi connectivity index (χ3v) is 3.69. The summed E-state index contributed by atoms with van der Waals surface area (Å²) in [5, 5.41) is 3.47. The van der Waals surface area contributed by atoms with Crippen LogP contribution in [0.4, 0.5) is 0 Å². The van der Waals surface area contributed by atoms with Crippen LogP contribution in [0.5, 0.6) is 0 Å². The molecule has 1 fully saturated rings. The Morgan fingerprint density at radius 3 is 2.78 bits per heavy atom. The third-order valence-electron chi connectivity index (χ3n) is 3.69. The zero-order chi connectivity index (χ0) is 13.6. The molecule has 0 aromatic rings. The highest BCUT2D eigenvalue weighted by Gasteiger charge is 2.42. The van der Waals surface area contributed by atoms with E-state index in [1.54, 1.807) is 0 Å². The van der Waals surface area contributed by atoms with Gasteiger partial charge in [-0.15, -0.1) is 0 Å². The van der Waals surface area contributed by atoms with Crippen molar-refractivity contribution in [3.8, 4) is 0 Å². The molecular formula is C14H28N2O2. The number of carbonyl (C=O) groups is 1. The zero-order valence-electron chi connectivity index (χ0n) is 12.3. The van der Waals surface area contributed by atoms with Gasteiger partial charge in [0.1, 0.15) is 5.54 Å². The van der Waals surface area contributed by atoms with Crippen LogP contribution in [0, 0.1) is 5.92 Å². The quantitative estimate of drug-likeness (QED) is 0.734. The predicted molar refractivity (Wildman–Crippen MR) is 73.6 cm³/mol. The Hall–Kier alpha value is -0.610. The molecule has 0 aromatic carbocycles. The molecule has 1 aliphatic rings. The highest BCUT2D eigenvalue weighted by Crippen LogP contribution is 2.33. The summed E-state index contributed by atoms with van der Waals surface area (Å²) in [6.45, 7) is 6.33. The van der Waals surface area contributed by atoms with Crippen LogP contribution >= 0.6 is 0 Å². The molecule has 0 bridgehead atoms. The molecule has 1 saturated carbocycles. The number of hydrogen-bond acceptors (Lipinski definition) is 4. The second kappa shape index (κ2) is 7.10. The molecule has 1 rings (SSSR count). The van der Waals surface area contributed by atoms with Crippen LogP contribution in [-0.4, -0.2) is 50.2 Å². The van der Waals surface area contributed by atoms with Gasteiger partial charge in [0.15, 0.2) is 0 Å². The summed E-state index contributed by atoms with van der Waals surface area (Å²) in [5.74, 6) is 0.533. The van der Waals surface area contributed by atoms with Crippen molar-refractivity contribution in [1.82, 2.24) is 10.2 Å². The molecule has 0 saturated heterocycles. The monoisotopic (exact) mass is 256 g/mol. The largest absolute Gasteiger partial charge is 0.465 e. The molecule has 0 aliphatic heterocycles. The molecule has 2 atom stereocenters. The van der Waals surface area contributed by atoms with Gasteiger partial charge in [-0.3, -0.25) is 4.79 Å². The van der Waals surface area contributed by atoms with Gasteiger partial charge in [-0.1, -0.05) is 19.8 Å². The van der Waals surface area contributed by atoms with Crippen molar-refractivity contribution in [2.45, 2.75) is 45.1 Å². The first-order valence-corrected chi connectivity index (χ1v) is 7.07. The molecule has 0 amide bonds. The molecule has 106 valence electrons. The van der Waals surface area contributed by atoms with E-state index in [1.165, 1.54) is 6.42 Å². The van der Waals surface area contributed by atoms with Crippen LogP contribution < -0.4 is 5.32 Å². The number of rotatable bonds is 6. The van der Waals surface area contributed by atoms with E-state index in [4.69, 9.17) is 4.74 Å². The third kappa shape index (κ3) is 4.25. The van der Waals surface area contributed by atoms with E-state index in [0.29, 0.717) is 12.5 Å². The minimum absolute atomic E-state index is 0.0599. The fourth-order valence-electron chi connectivity index (χ4n) is 2.76. The van der Waals surface area contributed by atoms with Gasteiger partial charge >= 0.3 is 5.97 Å². The van der Waals surface area contributed by atoms with Crippen LogP contribution in [0.15, 0.2) is 0 Å². The molecule has 2 unspecified atom stereocenters. The molecule has 4 nitrogen and oxygen atoms in total. The Kier molecular flexibility index (Phi) is 6.09. The first-order valence-electron chi connectivity index (χ1n) is 7.07. The van der Waals surface area contributed by atoms with Crippen molar-refractivity contribution in [3.63, 3.8) is 0 Å². The molecule has 18 heavy (non-hydrogen) atoms. The summed E-state index contributed by atoms with van der Waals surface area (Å²) < 4.78 is 5.28. The van der Waals surface area contributed by atoms with E-state index in [-0.39, 0.29) is 5.97 Å². The van der Waals surface area contributed by atoms with Crippen LogP contribution in [0.2, 0.25) is 0 Å². The zero-order valence-corrected chi connectivity index (χ0v) is 12.3. The molecule has 0 spiro atoms. The minimum Gasteiger partial charge on any atom is -0.465 e. The standard InChI is InChI=1S/C14H28N2O2/c1-5-18-13(17)14(15-9-10-16(3)4)8-6-7-12(2)11-14/h12,15H,5-11H2,1-4H3. The number of hydrogen-bond donors (Lipinski definition) is 1. The molecule has 0 radical (unpaired) electrons. The topological polar surface area (TPSA) is 41.6 Å². The van der Waals surface area contributed by atoms with Gasteiger partial charge in [0.25, 0.3) is 0 Å². The van der Waals surface area contributed by atoms with Crippen molar-refractivity contribution < 1.29 is 9.53 Å². The second-order valence-electron chi connectivity index (χ2n) is 5.73. The first kappa shape index (κ1) is 15.4. The lowest BCUT2D eigenvalue weighted by Gasteiger charge is -2.38. The van der Waals surface area contributed by atoms with Gasteiger partial charge in [-0.05, 0) is 39.8 Å². The first-order chi connectivity index (χ1) is 8.50. The number of likely N-dealkylation sites (N-methyl/N-ethyl adjacent to an activating group) is 1. The molecule has 0 aromatic heterocycles. The maximum Gasteiger partial charge on any atom is 0.326 e. The van der Waals surface area contributed by atoms with Crippen LogP contribution in [-0.2, 0) is 9.53 Å². The van der Waals surface area contributed by atoms with E-state index in [0.717, 1.165) is 32.4 Å². The van der Waals surface area contributed by atoms with Gasteiger partial charge in [0, 0.05) is 13.1 Å². The van der Waals surface area contributed by atoms with Crippen LogP contribution in [0.3, 0.4) is 0 Å². The van der Waals surface area contributed by atoms with Gasteiger partial charge in [-0.2, -0.15) is 0 Å². The average Bonchev–Trinajstić information content (AvgIpc) is 2.28. The van der Waals surface area contributed by atoms with E-state index in [9.17, 15) is 4.79 Å². The fraction of sp³-hybridized carbons (Fsp3) is 0.929. The Labute approximate surface area is 111 Å². The number of carbonyl (C=O) groups excluding carboxylic acids is 1. The van der Waals surface area contributed by atoms with Crippen molar-refractivity contribution in [2.24, 2.45) is 5.92 Å².